The van der Waals surface area contributed by atoms with Crippen LogP contribution in [0.1, 0.15) is 18.4 Å². The summed E-state index contributed by atoms with van der Waals surface area (Å²) in [6.45, 7) is 3.00. The minimum absolute atomic E-state index is 0.537. The summed E-state index contributed by atoms with van der Waals surface area (Å²) in [6.07, 6.45) is 2.51. The fourth-order valence-electron chi connectivity index (χ4n) is 2.82. The summed E-state index contributed by atoms with van der Waals surface area (Å²) in [5, 5.41) is 0. The summed E-state index contributed by atoms with van der Waals surface area (Å²) >= 11 is 0. The lowest BCUT2D eigenvalue weighted by Gasteiger charge is -2.24. The molecule has 2 aromatic carbocycles. The molecule has 0 aromatic heterocycles. The Hall–Kier alpha value is -1.80. The second-order valence-electron chi connectivity index (χ2n) is 5.38. The second-order valence-corrected chi connectivity index (χ2v) is 5.38. The van der Waals surface area contributed by atoms with Gasteiger partial charge in [0.05, 0.1) is 0 Å². The van der Waals surface area contributed by atoms with Crippen molar-refractivity contribution >= 4 is 0 Å². The molecular weight excluding hydrogens is 246 g/mol. The summed E-state index contributed by atoms with van der Waals surface area (Å²) in [5.74, 6) is 0.971. The van der Waals surface area contributed by atoms with Crippen molar-refractivity contribution in [3.05, 3.63) is 66.2 Å². The minimum Gasteiger partial charge on any atom is -0.492 e. The third kappa shape index (κ3) is 3.40. The molecule has 0 unspecified atom stereocenters. The van der Waals surface area contributed by atoms with Crippen LogP contribution in [0, 0.1) is 0 Å². The van der Waals surface area contributed by atoms with Crippen LogP contribution in [0.25, 0.3) is 0 Å². The molecule has 1 aliphatic heterocycles. The molecule has 0 radical (unpaired) electrons. The Morgan fingerprint density at radius 3 is 2.40 bits per heavy atom. The molecule has 2 heteroatoms. The SMILES string of the molecule is c1ccc(CN2CCC[C@H]2COc2ccccc2)cc1. The van der Waals surface area contributed by atoms with Gasteiger partial charge in [-0.3, -0.25) is 4.90 Å². The minimum atomic E-state index is 0.537. The van der Waals surface area contributed by atoms with Gasteiger partial charge in [0.25, 0.3) is 0 Å². The van der Waals surface area contributed by atoms with Gasteiger partial charge in [0.2, 0.25) is 0 Å². The van der Waals surface area contributed by atoms with E-state index in [1.807, 2.05) is 30.3 Å². The lowest BCUT2D eigenvalue weighted by atomic mass is 10.2. The fourth-order valence-corrected chi connectivity index (χ4v) is 2.82. The van der Waals surface area contributed by atoms with Gasteiger partial charge in [0.1, 0.15) is 12.4 Å². The Bertz CT molecular complexity index is 511. The largest absolute Gasteiger partial charge is 0.492 e. The number of hydrogen-bond donors (Lipinski definition) is 0. The third-order valence-electron chi connectivity index (χ3n) is 3.91. The highest BCUT2D eigenvalue weighted by atomic mass is 16.5. The molecule has 104 valence electrons. The summed E-state index contributed by atoms with van der Waals surface area (Å²) < 4.78 is 5.92. The predicted molar refractivity (Wildman–Crippen MR) is 81.8 cm³/mol. The van der Waals surface area contributed by atoms with Crippen LogP contribution in [0.4, 0.5) is 0 Å². The van der Waals surface area contributed by atoms with Crippen LogP contribution in [0.15, 0.2) is 60.7 Å². The highest BCUT2D eigenvalue weighted by Gasteiger charge is 2.24. The third-order valence-corrected chi connectivity index (χ3v) is 3.91. The van der Waals surface area contributed by atoms with Crippen LogP contribution in [-0.4, -0.2) is 24.1 Å². The first-order valence-electron chi connectivity index (χ1n) is 7.37. The zero-order valence-corrected chi connectivity index (χ0v) is 11.7. The average Bonchev–Trinajstić information content (AvgIpc) is 2.94. The van der Waals surface area contributed by atoms with Gasteiger partial charge < -0.3 is 4.74 Å². The molecule has 1 atom stereocenters. The first-order valence-corrected chi connectivity index (χ1v) is 7.37. The summed E-state index contributed by atoms with van der Waals surface area (Å²) in [6, 6.07) is 21.3. The van der Waals surface area contributed by atoms with Crippen molar-refractivity contribution in [1.29, 1.82) is 0 Å². The normalized spacial score (nSPS) is 19.1. The van der Waals surface area contributed by atoms with Crippen LogP contribution in [0.2, 0.25) is 0 Å². The number of ether oxygens (including phenoxy) is 1. The molecule has 1 aliphatic rings. The fraction of sp³-hybridized carbons (Fsp3) is 0.333. The van der Waals surface area contributed by atoms with Gasteiger partial charge in [0, 0.05) is 12.6 Å². The molecule has 0 N–H and O–H groups in total. The Morgan fingerprint density at radius 2 is 1.65 bits per heavy atom. The summed E-state index contributed by atoms with van der Waals surface area (Å²) in [4.78, 5) is 2.54. The zero-order chi connectivity index (χ0) is 13.6. The molecule has 3 rings (SSSR count). The van der Waals surface area contributed by atoms with Crippen molar-refractivity contribution in [2.24, 2.45) is 0 Å². The Balaban J connectivity index is 1.56. The molecule has 2 aromatic rings. The standard InChI is InChI=1S/C18H21NO/c1-3-8-16(9-4-1)14-19-13-7-10-17(19)15-20-18-11-5-2-6-12-18/h1-6,8-9,11-12,17H,7,10,13-15H2/t17-/m0/s1. The van der Waals surface area contributed by atoms with Crippen LogP contribution in [0.3, 0.4) is 0 Å². The molecule has 20 heavy (non-hydrogen) atoms. The highest BCUT2D eigenvalue weighted by Crippen LogP contribution is 2.21. The molecule has 0 saturated carbocycles. The topological polar surface area (TPSA) is 12.5 Å². The van der Waals surface area contributed by atoms with E-state index >= 15 is 0 Å². The van der Waals surface area contributed by atoms with Gasteiger partial charge in [-0.2, -0.15) is 0 Å². The Labute approximate surface area is 121 Å². The van der Waals surface area contributed by atoms with Crippen molar-refractivity contribution in [2.45, 2.75) is 25.4 Å². The molecule has 1 fully saturated rings. The summed E-state index contributed by atoms with van der Waals surface area (Å²) in [7, 11) is 0. The number of hydrogen-bond acceptors (Lipinski definition) is 2. The average molecular weight is 267 g/mol. The number of rotatable bonds is 5. The van der Waals surface area contributed by atoms with Crippen molar-refractivity contribution < 1.29 is 4.74 Å². The Kier molecular flexibility index (Phi) is 4.34. The molecular formula is C18H21NO. The lowest BCUT2D eigenvalue weighted by Crippen LogP contribution is -2.33. The molecule has 0 spiro atoms. The maximum atomic E-state index is 5.92. The van der Waals surface area contributed by atoms with Gasteiger partial charge in [-0.1, -0.05) is 48.5 Å². The van der Waals surface area contributed by atoms with E-state index in [0.29, 0.717) is 6.04 Å². The zero-order valence-electron chi connectivity index (χ0n) is 11.7. The van der Waals surface area contributed by atoms with Crippen molar-refractivity contribution in [3.63, 3.8) is 0 Å². The molecule has 0 aliphatic carbocycles. The first-order chi connectivity index (χ1) is 9.92. The van der Waals surface area contributed by atoms with E-state index in [2.05, 4.69) is 35.2 Å². The number of para-hydroxylation sites is 1. The van der Waals surface area contributed by atoms with Crippen molar-refractivity contribution in [2.75, 3.05) is 13.2 Å². The maximum absolute atomic E-state index is 5.92. The van der Waals surface area contributed by atoms with E-state index in [1.165, 1.54) is 24.9 Å². The van der Waals surface area contributed by atoms with Crippen molar-refractivity contribution in [1.82, 2.24) is 4.90 Å². The quantitative estimate of drug-likeness (QED) is 0.818. The van der Waals surface area contributed by atoms with Crippen LogP contribution in [-0.2, 0) is 6.54 Å². The van der Waals surface area contributed by atoms with Gasteiger partial charge in [-0.25, -0.2) is 0 Å². The number of benzene rings is 2. The van der Waals surface area contributed by atoms with Crippen molar-refractivity contribution in [3.8, 4) is 5.75 Å². The number of likely N-dealkylation sites (tertiary alicyclic amines) is 1. The van der Waals surface area contributed by atoms with E-state index in [-0.39, 0.29) is 0 Å². The van der Waals surface area contributed by atoms with Gasteiger partial charge in [0.15, 0.2) is 0 Å². The predicted octanol–water partition coefficient (Wildman–Crippen LogP) is 3.73. The van der Waals surface area contributed by atoms with Gasteiger partial charge in [-0.15, -0.1) is 0 Å². The monoisotopic (exact) mass is 267 g/mol. The van der Waals surface area contributed by atoms with Crippen LogP contribution >= 0.6 is 0 Å². The van der Waals surface area contributed by atoms with E-state index < -0.39 is 0 Å². The van der Waals surface area contributed by atoms with Gasteiger partial charge in [-0.05, 0) is 37.1 Å². The van der Waals surface area contributed by atoms with Crippen LogP contribution in [0.5, 0.6) is 5.75 Å². The van der Waals surface area contributed by atoms with Crippen LogP contribution < -0.4 is 4.74 Å². The highest BCUT2D eigenvalue weighted by molar-refractivity contribution is 5.21. The molecule has 1 heterocycles. The summed E-state index contributed by atoms with van der Waals surface area (Å²) in [5.41, 5.74) is 1.39. The van der Waals surface area contributed by atoms with E-state index in [9.17, 15) is 0 Å². The first kappa shape index (κ1) is 13.2. The maximum Gasteiger partial charge on any atom is 0.119 e. The molecule has 2 nitrogen and oxygen atoms in total. The number of nitrogens with zero attached hydrogens (tertiary/aromatic N) is 1. The molecule has 0 amide bonds. The molecule has 1 saturated heterocycles. The smallest absolute Gasteiger partial charge is 0.119 e. The van der Waals surface area contributed by atoms with E-state index in [1.54, 1.807) is 0 Å². The van der Waals surface area contributed by atoms with E-state index in [4.69, 9.17) is 4.74 Å². The molecule has 0 bridgehead atoms. The van der Waals surface area contributed by atoms with Gasteiger partial charge >= 0.3 is 0 Å². The van der Waals surface area contributed by atoms with E-state index in [0.717, 1.165) is 18.9 Å². The Morgan fingerprint density at radius 1 is 0.950 bits per heavy atom. The second kappa shape index (κ2) is 6.58. The lowest BCUT2D eigenvalue weighted by molar-refractivity contribution is 0.167.